The minimum atomic E-state index is -0.455. The topological polar surface area (TPSA) is 62.3 Å². The first-order valence-electron chi connectivity index (χ1n) is 7.67. The van der Waals surface area contributed by atoms with Crippen molar-refractivity contribution in [1.29, 1.82) is 0 Å². The lowest BCUT2D eigenvalue weighted by Gasteiger charge is -2.18. The fraction of sp³-hybridized carbons (Fsp3) is 0.235. The van der Waals surface area contributed by atoms with Gasteiger partial charge in [-0.05, 0) is 37.1 Å². The number of halogens is 3. The molecule has 1 fully saturated rings. The Labute approximate surface area is 159 Å². The number of amides is 2. The quantitative estimate of drug-likeness (QED) is 0.773. The maximum Gasteiger partial charge on any atom is 0.257 e. The van der Waals surface area contributed by atoms with Gasteiger partial charge in [-0.1, -0.05) is 34.8 Å². The Morgan fingerprint density at radius 2 is 1.80 bits per heavy atom. The lowest BCUT2D eigenvalue weighted by Crippen LogP contribution is -2.28. The fourth-order valence-electron chi connectivity index (χ4n) is 2.64. The minimum absolute atomic E-state index is 0.117. The second-order valence-electron chi connectivity index (χ2n) is 5.64. The van der Waals surface area contributed by atoms with Gasteiger partial charge in [0.05, 0.1) is 21.8 Å². The SMILES string of the molecule is O=C(Nc1cc(Cl)ccc1C(=O)N1CCCC1)c1cnc(Cl)c(Cl)c1. The monoisotopic (exact) mass is 397 g/mol. The Bertz CT molecular complexity index is 836. The number of nitrogens with one attached hydrogen (secondary N) is 1. The molecule has 0 atom stereocenters. The van der Waals surface area contributed by atoms with E-state index >= 15 is 0 Å². The number of likely N-dealkylation sites (tertiary alicyclic amines) is 1. The second kappa shape index (κ2) is 7.60. The van der Waals surface area contributed by atoms with Gasteiger partial charge in [0.1, 0.15) is 5.15 Å². The maximum atomic E-state index is 12.7. The van der Waals surface area contributed by atoms with Crippen molar-refractivity contribution in [3.63, 3.8) is 0 Å². The third-order valence-corrected chi connectivity index (χ3v) is 4.83. The first kappa shape index (κ1) is 18.0. The van der Waals surface area contributed by atoms with Crippen LogP contribution in [-0.2, 0) is 0 Å². The van der Waals surface area contributed by atoms with Crippen LogP contribution in [0, 0.1) is 0 Å². The Kier molecular flexibility index (Phi) is 5.47. The van der Waals surface area contributed by atoms with Crippen LogP contribution in [0.5, 0.6) is 0 Å². The molecule has 2 aromatic rings. The highest BCUT2D eigenvalue weighted by Crippen LogP contribution is 2.25. The summed E-state index contributed by atoms with van der Waals surface area (Å²) >= 11 is 17.7. The number of anilines is 1. The molecule has 1 aliphatic heterocycles. The normalized spacial score (nSPS) is 13.8. The van der Waals surface area contributed by atoms with Crippen LogP contribution < -0.4 is 5.32 Å². The van der Waals surface area contributed by atoms with E-state index in [1.54, 1.807) is 23.1 Å². The van der Waals surface area contributed by atoms with Crippen LogP contribution >= 0.6 is 34.8 Å². The second-order valence-corrected chi connectivity index (χ2v) is 6.84. The van der Waals surface area contributed by atoms with E-state index in [1.807, 2.05) is 0 Å². The van der Waals surface area contributed by atoms with Crippen molar-refractivity contribution in [3.05, 3.63) is 56.8 Å². The number of aromatic nitrogens is 1. The Balaban J connectivity index is 1.88. The van der Waals surface area contributed by atoms with Gasteiger partial charge >= 0.3 is 0 Å². The van der Waals surface area contributed by atoms with Gasteiger partial charge in [0.2, 0.25) is 0 Å². The molecule has 1 N–H and O–H groups in total. The van der Waals surface area contributed by atoms with Crippen molar-refractivity contribution in [2.24, 2.45) is 0 Å². The van der Waals surface area contributed by atoms with Gasteiger partial charge in [0.15, 0.2) is 0 Å². The summed E-state index contributed by atoms with van der Waals surface area (Å²) < 4.78 is 0. The van der Waals surface area contributed by atoms with Crippen molar-refractivity contribution in [2.75, 3.05) is 18.4 Å². The predicted octanol–water partition coefficient (Wildman–Crippen LogP) is 4.53. The largest absolute Gasteiger partial charge is 0.339 e. The molecule has 2 amide bonds. The molecule has 0 radical (unpaired) electrons. The van der Waals surface area contributed by atoms with Crippen molar-refractivity contribution < 1.29 is 9.59 Å². The van der Waals surface area contributed by atoms with Gasteiger partial charge in [-0.15, -0.1) is 0 Å². The van der Waals surface area contributed by atoms with E-state index in [-0.39, 0.29) is 21.6 Å². The van der Waals surface area contributed by atoms with Crippen molar-refractivity contribution in [3.8, 4) is 0 Å². The third kappa shape index (κ3) is 4.06. The molecule has 3 rings (SSSR count). The van der Waals surface area contributed by atoms with Crippen LogP contribution in [0.25, 0.3) is 0 Å². The molecule has 25 heavy (non-hydrogen) atoms. The highest BCUT2D eigenvalue weighted by atomic mass is 35.5. The number of pyridine rings is 1. The lowest BCUT2D eigenvalue weighted by atomic mass is 10.1. The van der Waals surface area contributed by atoms with E-state index in [0.717, 1.165) is 12.8 Å². The smallest absolute Gasteiger partial charge is 0.257 e. The summed E-state index contributed by atoms with van der Waals surface area (Å²) in [5.41, 5.74) is 0.974. The molecule has 1 aromatic carbocycles. The van der Waals surface area contributed by atoms with Gasteiger partial charge in [-0.2, -0.15) is 0 Å². The van der Waals surface area contributed by atoms with Gasteiger partial charge in [-0.25, -0.2) is 4.98 Å². The molecule has 1 aliphatic rings. The van der Waals surface area contributed by atoms with E-state index in [9.17, 15) is 9.59 Å². The molecule has 0 aliphatic carbocycles. The number of hydrogen-bond acceptors (Lipinski definition) is 3. The Morgan fingerprint density at radius 1 is 1.08 bits per heavy atom. The molecule has 0 unspecified atom stereocenters. The number of carbonyl (C=O) groups excluding carboxylic acids is 2. The van der Waals surface area contributed by atoms with E-state index in [4.69, 9.17) is 34.8 Å². The molecule has 130 valence electrons. The average Bonchev–Trinajstić information content (AvgIpc) is 3.11. The molecular weight excluding hydrogens is 385 g/mol. The van der Waals surface area contributed by atoms with Crippen molar-refractivity contribution >= 4 is 52.3 Å². The van der Waals surface area contributed by atoms with E-state index < -0.39 is 5.91 Å². The summed E-state index contributed by atoms with van der Waals surface area (Å²) in [7, 11) is 0. The number of benzene rings is 1. The molecule has 2 heterocycles. The number of hydrogen-bond donors (Lipinski definition) is 1. The van der Waals surface area contributed by atoms with Gasteiger partial charge in [0.25, 0.3) is 11.8 Å². The van der Waals surface area contributed by atoms with E-state index in [1.165, 1.54) is 12.3 Å². The summed E-state index contributed by atoms with van der Waals surface area (Å²) in [5.74, 6) is -0.583. The van der Waals surface area contributed by atoms with Crippen molar-refractivity contribution in [2.45, 2.75) is 12.8 Å². The molecular formula is C17H14Cl3N3O2. The highest BCUT2D eigenvalue weighted by Gasteiger charge is 2.23. The number of carbonyl (C=O) groups is 2. The summed E-state index contributed by atoms with van der Waals surface area (Å²) in [6.07, 6.45) is 3.28. The van der Waals surface area contributed by atoms with Crippen LogP contribution in [-0.4, -0.2) is 34.8 Å². The molecule has 0 spiro atoms. The molecule has 0 bridgehead atoms. The molecule has 5 nitrogen and oxygen atoms in total. The van der Waals surface area contributed by atoms with Gasteiger partial charge in [0, 0.05) is 24.3 Å². The van der Waals surface area contributed by atoms with Crippen LogP contribution in [0.3, 0.4) is 0 Å². The van der Waals surface area contributed by atoms with Gasteiger partial charge in [-0.3, -0.25) is 9.59 Å². The van der Waals surface area contributed by atoms with Crippen LogP contribution in [0.4, 0.5) is 5.69 Å². The highest BCUT2D eigenvalue weighted by molar-refractivity contribution is 6.41. The van der Waals surface area contributed by atoms with Gasteiger partial charge < -0.3 is 10.2 Å². The Hall–Kier alpha value is -1.82. The average molecular weight is 399 g/mol. The minimum Gasteiger partial charge on any atom is -0.339 e. The zero-order chi connectivity index (χ0) is 18.0. The molecule has 0 saturated carbocycles. The summed E-state index contributed by atoms with van der Waals surface area (Å²) in [4.78, 5) is 30.8. The number of nitrogens with zero attached hydrogens (tertiary/aromatic N) is 2. The first-order valence-corrected chi connectivity index (χ1v) is 8.80. The zero-order valence-corrected chi connectivity index (χ0v) is 15.3. The summed E-state index contributed by atoms with van der Waals surface area (Å²) in [6, 6.07) is 6.21. The van der Waals surface area contributed by atoms with Crippen LogP contribution in [0.1, 0.15) is 33.6 Å². The van der Waals surface area contributed by atoms with E-state index in [2.05, 4.69) is 10.3 Å². The summed E-state index contributed by atoms with van der Waals surface area (Å²) in [5, 5.41) is 3.41. The lowest BCUT2D eigenvalue weighted by molar-refractivity contribution is 0.0794. The van der Waals surface area contributed by atoms with Crippen LogP contribution in [0.15, 0.2) is 30.5 Å². The van der Waals surface area contributed by atoms with E-state index in [0.29, 0.717) is 29.4 Å². The maximum absolute atomic E-state index is 12.7. The first-order chi connectivity index (χ1) is 12.0. The fourth-order valence-corrected chi connectivity index (χ4v) is 3.08. The van der Waals surface area contributed by atoms with Crippen LogP contribution in [0.2, 0.25) is 15.2 Å². The Morgan fingerprint density at radius 3 is 2.48 bits per heavy atom. The zero-order valence-electron chi connectivity index (χ0n) is 13.1. The standard InChI is InChI=1S/C17H14Cl3N3O2/c18-11-3-4-12(17(25)23-5-1-2-6-23)14(8-11)22-16(24)10-7-13(19)15(20)21-9-10/h3-4,7-9H,1-2,5-6H2,(H,22,24). The number of rotatable bonds is 3. The predicted molar refractivity (Wildman–Crippen MR) is 98.8 cm³/mol. The third-order valence-electron chi connectivity index (χ3n) is 3.91. The molecule has 1 aromatic heterocycles. The molecule has 8 heteroatoms. The van der Waals surface area contributed by atoms with Crippen molar-refractivity contribution in [1.82, 2.24) is 9.88 Å². The molecule has 1 saturated heterocycles. The summed E-state index contributed by atoms with van der Waals surface area (Å²) in [6.45, 7) is 1.43.